The highest BCUT2D eigenvalue weighted by Crippen LogP contribution is 2.18. The van der Waals surface area contributed by atoms with Crippen LogP contribution in [0.25, 0.3) is 5.57 Å². The molecule has 1 rings (SSSR count). The normalized spacial score (nSPS) is 9.62. The maximum Gasteiger partial charge on any atom is 0.338 e. The highest BCUT2D eigenvalue weighted by Gasteiger charge is 2.17. The lowest BCUT2D eigenvalue weighted by molar-refractivity contribution is 0.0582. The summed E-state index contributed by atoms with van der Waals surface area (Å²) in [4.78, 5) is 22.3. The number of benzene rings is 1. The summed E-state index contributed by atoms with van der Waals surface area (Å²) in [7, 11) is 1.21. The molecular formula is C12H12O4. The van der Waals surface area contributed by atoms with Gasteiger partial charge in [0.25, 0.3) is 0 Å². The van der Waals surface area contributed by atoms with Crippen LogP contribution in [0.15, 0.2) is 24.8 Å². The molecule has 0 amide bonds. The number of aromatic carboxylic acids is 1. The van der Waals surface area contributed by atoms with E-state index in [9.17, 15) is 9.59 Å². The molecule has 0 radical (unpaired) electrons. The molecule has 0 atom stereocenters. The van der Waals surface area contributed by atoms with Crippen molar-refractivity contribution >= 4 is 17.5 Å². The molecule has 1 N–H and O–H groups in total. The van der Waals surface area contributed by atoms with Crippen LogP contribution in [0.2, 0.25) is 0 Å². The van der Waals surface area contributed by atoms with Gasteiger partial charge in [0.2, 0.25) is 0 Å². The predicted octanol–water partition coefficient (Wildman–Crippen LogP) is 2.20. The van der Waals surface area contributed by atoms with Crippen molar-refractivity contribution in [2.45, 2.75) is 6.92 Å². The first-order chi connectivity index (χ1) is 7.47. The Morgan fingerprint density at radius 1 is 1.31 bits per heavy atom. The Hall–Kier alpha value is -2.10. The maximum absolute atomic E-state index is 11.4. The monoisotopic (exact) mass is 220 g/mol. The minimum absolute atomic E-state index is 0.0375. The van der Waals surface area contributed by atoms with Crippen LogP contribution < -0.4 is 0 Å². The lowest BCUT2D eigenvalue weighted by Gasteiger charge is -2.07. The summed E-state index contributed by atoms with van der Waals surface area (Å²) in [5.41, 5.74) is 1.43. The summed E-state index contributed by atoms with van der Waals surface area (Å²) < 4.78 is 4.53. The fourth-order valence-electron chi connectivity index (χ4n) is 1.28. The van der Waals surface area contributed by atoms with E-state index in [0.717, 1.165) is 5.57 Å². The largest absolute Gasteiger partial charge is 0.478 e. The number of allylic oxidation sites excluding steroid dienone is 1. The summed E-state index contributed by atoms with van der Waals surface area (Å²) in [6, 6.07) is 4.45. The third-order valence-corrected chi connectivity index (χ3v) is 2.15. The number of methoxy groups -OCH3 is 1. The molecule has 0 saturated carbocycles. The van der Waals surface area contributed by atoms with E-state index >= 15 is 0 Å². The van der Waals surface area contributed by atoms with Gasteiger partial charge < -0.3 is 9.84 Å². The fraction of sp³-hybridized carbons (Fsp3) is 0.167. The second-order valence-electron chi connectivity index (χ2n) is 3.34. The number of carbonyl (C=O) groups is 2. The van der Waals surface area contributed by atoms with Crippen molar-refractivity contribution in [1.82, 2.24) is 0 Å². The molecule has 4 heteroatoms. The van der Waals surface area contributed by atoms with Crippen molar-refractivity contribution in [3.05, 3.63) is 41.5 Å². The standard InChI is InChI=1S/C12H12O4/c1-7(2)8-4-5-9(11(13)14)10(6-8)12(15)16-3/h4-6H,1H2,2-3H3,(H,13,14). The molecule has 16 heavy (non-hydrogen) atoms. The Bertz CT molecular complexity index is 460. The first-order valence-electron chi connectivity index (χ1n) is 4.59. The van der Waals surface area contributed by atoms with Crippen LogP contribution in [0.1, 0.15) is 33.2 Å². The number of carboxylic acid groups (broad SMARTS) is 1. The van der Waals surface area contributed by atoms with Gasteiger partial charge in [-0.25, -0.2) is 9.59 Å². The molecule has 0 heterocycles. The van der Waals surface area contributed by atoms with Gasteiger partial charge in [-0.3, -0.25) is 0 Å². The Kier molecular flexibility index (Phi) is 3.45. The maximum atomic E-state index is 11.4. The van der Waals surface area contributed by atoms with Crippen molar-refractivity contribution in [2.24, 2.45) is 0 Å². The van der Waals surface area contributed by atoms with E-state index in [0.29, 0.717) is 5.56 Å². The lowest BCUT2D eigenvalue weighted by atomic mass is 10.0. The second-order valence-corrected chi connectivity index (χ2v) is 3.34. The van der Waals surface area contributed by atoms with E-state index in [1.165, 1.54) is 19.2 Å². The van der Waals surface area contributed by atoms with Crippen LogP contribution in [-0.2, 0) is 4.74 Å². The van der Waals surface area contributed by atoms with E-state index in [4.69, 9.17) is 5.11 Å². The fourth-order valence-corrected chi connectivity index (χ4v) is 1.28. The van der Waals surface area contributed by atoms with Gasteiger partial charge in [0.1, 0.15) is 0 Å². The molecule has 0 aliphatic rings. The number of carboxylic acids is 1. The third kappa shape index (κ3) is 2.28. The first kappa shape index (κ1) is 12.0. The zero-order valence-corrected chi connectivity index (χ0v) is 9.11. The molecule has 0 spiro atoms. The topological polar surface area (TPSA) is 63.6 Å². The van der Waals surface area contributed by atoms with Gasteiger partial charge in [-0.1, -0.05) is 18.2 Å². The smallest absolute Gasteiger partial charge is 0.338 e. The second kappa shape index (κ2) is 4.61. The predicted molar refractivity (Wildman–Crippen MR) is 59.4 cm³/mol. The van der Waals surface area contributed by atoms with Crippen LogP contribution >= 0.6 is 0 Å². The summed E-state index contributed by atoms with van der Waals surface area (Å²) in [5, 5.41) is 8.91. The van der Waals surface area contributed by atoms with E-state index < -0.39 is 11.9 Å². The molecule has 0 aromatic heterocycles. The van der Waals surface area contributed by atoms with Crippen LogP contribution in [0.4, 0.5) is 0 Å². The average Bonchev–Trinajstić information content (AvgIpc) is 2.26. The molecule has 0 unspecified atom stereocenters. The Labute approximate surface area is 93.2 Å². The van der Waals surface area contributed by atoms with Crippen molar-refractivity contribution < 1.29 is 19.4 Å². The minimum Gasteiger partial charge on any atom is -0.478 e. The average molecular weight is 220 g/mol. The van der Waals surface area contributed by atoms with E-state index in [1.807, 2.05) is 0 Å². The highest BCUT2D eigenvalue weighted by molar-refractivity contribution is 6.03. The Balaban J connectivity index is 3.38. The van der Waals surface area contributed by atoms with Gasteiger partial charge in [0.15, 0.2) is 0 Å². The van der Waals surface area contributed by atoms with Gasteiger partial charge in [0.05, 0.1) is 18.2 Å². The quantitative estimate of drug-likeness (QED) is 0.793. The van der Waals surface area contributed by atoms with Crippen LogP contribution in [0.3, 0.4) is 0 Å². The van der Waals surface area contributed by atoms with Crippen molar-refractivity contribution in [3.63, 3.8) is 0 Å². The summed E-state index contributed by atoms with van der Waals surface area (Å²) in [5.74, 6) is -1.82. The number of rotatable bonds is 3. The summed E-state index contributed by atoms with van der Waals surface area (Å²) >= 11 is 0. The van der Waals surface area contributed by atoms with Crippen LogP contribution in [0.5, 0.6) is 0 Å². The van der Waals surface area contributed by atoms with Gasteiger partial charge in [0, 0.05) is 0 Å². The van der Waals surface area contributed by atoms with Gasteiger partial charge in [-0.05, 0) is 24.6 Å². The molecule has 0 fully saturated rings. The zero-order valence-electron chi connectivity index (χ0n) is 9.11. The highest BCUT2D eigenvalue weighted by atomic mass is 16.5. The summed E-state index contributed by atoms with van der Waals surface area (Å²) in [6.45, 7) is 5.50. The Morgan fingerprint density at radius 2 is 1.94 bits per heavy atom. The number of esters is 1. The van der Waals surface area contributed by atoms with Gasteiger partial charge in [-0.2, -0.15) is 0 Å². The van der Waals surface area contributed by atoms with E-state index in [1.54, 1.807) is 13.0 Å². The Morgan fingerprint density at radius 3 is 2.38 bits per heavy atom. The van der Waals surface area contributed by atoms with E-state index in [2.05, 4.69) is 11.3 Å². The molecule has 0 aliphatic carbocycles. The molecule has 0 saturated heterocycles. The summed E-state index contributed by atoms with van der Waals surface area (Å²) in [6.07, 6.45) is 0. The lowest BCUT2D eigenvalue weighted by Crippen LogP contribution is -2.10. The van der Waals surface area contributed by atoms with Crippen LogP contribution in [-0.4, -0.2) is 24.2 Å². The number of ether oxygens (including phenoxy) is 1. The van der Waals surface area contributed by atoms with Gasteiger partial charge >= 0.3 is 11.9 Å². The number of hydrogen-bond donors (Lipinski definition) is 1. The number of hydrogen-bond acceptors (Lipinski definition) is 3. The molecular weight excluding hydrogens is 208 g/mol. The molecule has 4 nitrogen and oxygen atoms in total. The minimum atomic E-state index is -1.16. The SMILES string of the molecule is C=C(C)c1ccc(C(=O)O)c(C(=O)OC)c1. The third-order valence-electron chi connectivity index (χ3n) is 2.15. The molecule has 0 aliphatic heterocycles. The number of carbonyl (C=O) groups excluding carboxylic acids is 1. The van der Waals surface area contributed by atoms with Crippen molar-refractivity contribution in [1.29, 1.82) is 0 Å². The first-order valence-corrected chi connectivity index (χ1v) is 4.59. The van der Waals surface area contributed by atoms with Crippen molar-refractivity contribution in [3.8, 4) is 0 Å². The van der Waals surface area contributed by atoms with E-state index in [-0.39, 0.29) is 11.1 Å². The molecule has 0 bridgehead atoms. The molecule has 84 valence electrons. The molecule has 1 aromatic rings. The van der Waals surface area contributed by atoms with Crippen LogP contribution in [0, 0.1) is 0 Å². The van der Waals surface area contributed by atoms with Crippen molar-refractivity contribution in [2.75, 3.05) is 7.11 Å². The molecule has 1 aromatic carbocycles. The van der Waals surface area contributed by atoms with Gasteiger partial charge in [-0.15, -0.1) is 0 Å². The zero-order chi connectivity index (χ0) is 12.3.